The number of aromatic nitrogens is 2. The Labute approximate surface area is 175 Å². The molecule has 0 spiro atoms. The number of methoxy groups -OCH3 is 1. The number of aryl methyl sites for hydroxylation is 1. The number of benzene rings is 2. The molecule has 0 radical (unpaired) electrons. The van der Waals surface area contributed by atoms with Crippen LogP contribution >= 0.6 is 0 Å². The van der Waals surface area contributed by atoms with E-state index in [1.165, 1.54) is 0 Å². The highest BCUT2D eigenvalue weighted by Gasteiger charge is 2.30. The van der Waals surface area contributed by atoms with Crippen molar-refractivity contribution in [1.82, 2.24) is 15.3 Å². The van der Waals surface area contributed by atoms with Crippen LogP contribution in [0.1, 0.15) is 12.0 Å². The molecule has 1 aliphatic heterocycles. The molecule has 30 heavy (non-hydrogen) atoms. The van der Waals surface area contributed by atoms with E-state index in [9.17, 15) is 8.42 Å². The molecule has 5 rings (SSSR count). The maximum Gasteiger partial charge on any atom is 0.182 e. The number of ether oxygens (including phenoxy) is 1. The average Bonchev–Trinajstić information content (AvgIpc) is 3.42. The molecule has 0 saturated carbocycles. The number of sulfone groups is 1. The molecule has 1 fully saturated rings. The second kappa shape index (κ2) is 7.11. The number of nitrogens with zero attached hydrogens (tertiary/aromatic N) is 1. The van der Waals surface area contributed by atoms with E-state index in [0.717, 1.165) is 50.9 Å². The van der Waals surface area contributed by atoms with Gasteiger partial charge in [0.05, 0.1) is 22.8 Å². The predicted octanol–water partition coefficient (Wildman–Crippen LogP) is 3.84. The maximum atomic E-state index is 13.1. The molecule has 0 unspecified atom stereocenters. The quantitative estimate of drug-likeness (QED) is 0.523. The molecule has 0 bridgehead atoms. The van der Waals surface area contributed by atoms with E-state index in [1.807, 2.05) is 37.4 Å². The highest BCUT2D eigenvalue weighted by atomic mass is 32.2. The van der Waals surface area contributed by atoms with Crippen LogP contribution in [0.5, 0.6) is 5.75 Å². The molecule has 3 heterocycles. The largest absolute Gasteiger partial charge is 0.495 e. The molecule has 1 aliphatic rings. The van der Waals surface area contributed by atoms with Crippen LogP contribution in [-0.4, -0.2) is 43.8 Å². The van der Waals surface area contributed by atoms with Crippen molar-refractivity contribution in [3.8, 4) is 16.9 Å². The Balaban J connectivity index is 1.74. The summed E-state index contributed by atoms with van der Waals surface area (Å²) in [5, 5.41) is 4.75. The highest BCUT2D eigenvalue weighted by molar-refractivity contribution is 7.92. The van der Waals surface area contributed by atoms with Crippen LogP contribution in [0.3, 0.4) is 0 Å². The summed E-state index contributed by atoms with van der Waals surface area (Å²) < 4.78 is 31.8. The van der Waals surface area contributed by atoms with E-state index >= 15 is 0 Å². The monoisotopic (exact) mass is 421 g/mol. The SMILES string of the molecule is COc1ccc(-c2cccc(S(=O)(=O)[C@@H]3CCNC3)c2)c2c1[nH]c1ncc(C)cc12. The summed E-state index contributed by atoms with van der Waals surface area (Å²) in [5.41, 5.74) is 4.50. The molecule has 2 aromatic carbocycles. The molecular formula is C23H23N3O3S. The van der Waals surface area contributed by atoms with E-state index in [0.29, 0.717) is 17.9 Å². The van der Waals surface area contributed by atoms with Crippen LogP contribution in [0, 0.1) is 6.92 Å². The number of H-pyrrole nitrogens is 1. The van der Waals surface area contributed by atoms with Crippen molar-refractivity contribution >= 4 is 31.8 Å². The second-order valence-electron chi connectivity index (χ2n) is 7.79. The lowest BCUT2D eigenvalue weighted by Gasteiger charge is -2.13. The lowest BCUT2D eigenvalue weighted by Crippen LogP contribution is -2.23. The number of pyridine rings is 1. The second-order valence-corrected chi connectivity index (χ2v) is 10.0. The maximum absolute atomic E-state index is 13.1. The summed E-state index contributed by atoms with van der Waals surface area (Å²) >= 11 is 0. The minimum absolute atomic E-state index is 0.367. The van der Waals surface area contributed by atoms with Gasteiger partial charge in [0.1, 0.15) is 11.4 Å². The Morgan fingerprint density at radius 3 is 2.80 bits per heavy atom. The van der Waals surface area contributed by atoms with Crippen molar-refractivity contribution in [2.45, 2.75) is 23.5 Å². The van der Waals surface area contributed by atoms with E-state index in [2.05, 4.69) is 21.4 Å². The van der Waals surface area contributed by atoms with Crippen molar-refractivity contribution in [3.63, 3.8) is 0 Å². The van der Waals surface area contributed by atoms with Gasteiger partial charge in [0.15, 0.2) is 9.84 Å². The molecule has 154 valence electrons. The molecule has 0 aliphatic carbocycles. The van der Waals surface area contributed by atoms with Gasteiger partial charge in [-0.25, -0.2) is 13.4 Å². The summed E-state index contributed by atoms with van der Waals surface area (Å²) in [6.07, 6.45) is 2.47. The van der Waals surface area contributed by atoms with Gasteiger partial charge in [-0.15, -0.1) is 0 Å². The van der Waals surface area contributed by atoms with Gasteiger partial charge >= 0.3 is 0 Å². The molecule has 0 amide bonds. The predicted molar refractivity (Wildman–Crippen MR) is 119 cm³/mol. The molecule has 2 N–H and O–H groups in total. The fourth-order valence-corrected chi connectivity index (χ4v) is 6.01. The van der Waals surface area contributed by atoms with Gasteiger partial charge in [-0.3, -0.25) is 0 Å². The van der Waals surface area contributed by atoms with Gasteiger partial charge in [-0.2, -0.15) is 0 Å². The average molecular weight is 422 g/mol. The molecule has 2 aromatic heterocycles. The van der Waals surface area contributed by atoms with E-state index in [4.69, 9.17) is 4.74 Å². The summed E-state index contributed by atoms with van der Waals surface area (Å²) in [6, 6.07) is 13.2. The minimum atomic E-state index is -3.38. The first kappa shape index (κ1) is 19.1. The Hall–Kier alpha value is -2.90. The van der Waals surface area contributed by atoms with Crippen LogP contribution in [0.15, 0.2) is 53.6 Å². The van der Waals surface area contributed by atoms with Crippen molar-refractivity contribution in [3.05, 3.63) is 54.2 Å². The zero-order valence-electron chi connectivity index (χ0n) is 16.9. The number of hydrogen-bond donors (Lipinski definition) is 2. The summed E-state index contributed by atoms with van der Waals surface area (Å²) in [7, 11) is -1.74. The van der Waals surface area contributed by atoms with Gasteiger partial charge in [0, 0.05) is 23.5 Å². The third kappa shape index (κ3) is 2.97. The van der Waals surface area contributed by atoms with Crippen LogP contribution in [0.4, 0.5) is 0 Å². The number of hydrogen-bond acceptors (Lipinski definition) is 5. The topological polar surface area (TPSA) is 84.1 Å². The first-order chi connectivity index (χ1) is 14.5. The van der Waals surface area contributed by atoms with Gasteiger partial charge in [-0.05, 0) is 66.9 Å². The van der Waals surface area contributed by atoms with Crippen molar-refractivity contribution in [2.24, 2.45) is 0 Å². The van der Waals surface area contributed by atoms with E-state index in [1.54, 1.807) is 19.2 Å². The lowest BCUT2D eigenvalue weighted by molar-refractivity contribution is 0.419. The van der Waals surface area contributed by atoms with Crippen molar-refractivity contribution in [1.29, 1.82) is 0 Å². The number of fused-ring (bicyclic) bond motifs is 3. The first-order valence-corrected chi connectivity index (χ1v) is 11.5. The number of nitrogens with one attached hydrogen (secondary N) is 2. The zero-order valence-corrected chi connectivity index (χ0v) is 17.7. The van der Waals surface area contributed by atoms with Gasteiger partial charge in [0.2, 0.25) is 0 Å². The van der Waals surface area contributed by atoms with Crippen LogP contribution in [0.25, 0.3) is 33.1 Å². The van der Waals surface area contributed by atoms with Gasteiger partial charge in [0.25, 0.3) is 0 Å². The fourth-order valence-electron chi connectivity index (χ4n) is 4.30. The standard InChI is InChI=1S/C23H23N3O3S/c1-14-10-19-21-18(6-7-20(29-2)22(21)26-23(19)25-12-14)15-4-3-5-16(11-15)30(27,28)17-8-9-24-13-17/h3-7,10-12,17,24H,8-9,13H2,1-2H3,(H,25,26)/t17-/m1/s1. The Morgan fingerprint density at radius 2 is 2.03 bits per heavy atom. The molecule has 1 saturated heterocycles. The Morgan fingerprint density at radius 1 is 1.17 bits per heavy atom. The molecule has 6 nitrogen and oxygen atoms in total. The Bertz CT molecular complexity index is 1370. The van der Waals surface area contributed by atoms with Gasteiger partial charge in [-0.1, -0.05) is 12.1 Å². The third-order valence-electron chi connectivity index (χ3n) is 5.85. The van der Waals surface area contributed by atoms with Crippen molar-refractivity contribution in [2.75, 3.05) is 20.2 Å². The number of aromatic amines is 1. The zero-order chi connectivity index (χ0) is 20.9. The normalized spacial score (nSPS) is 17.1. The van der Waals surface area contributed by atoms with Crippen LogP contribution in [-0.2, 0) is 9.84 Å². The molecule has 4 aromatic rings. The lowest BCUT2D eigenvalue weighted by atomic mass is 9.99. The first-order valence-electron chi connectivity index (χ1n) is 9.99. The molecular weight excluding hydrogens is 398 g/mol. The summed E-state index contributed by atoms with van der Waals surface area (Å²) in [4.78, 5) is 8.25. The van der Waals surface area contributed by atoms with Crippen molar-refractivity contribution < 1.29 is 13.2 Å². The fraction of sp³-hybridized carbons (Fsp3) is 0.261. The summed E-state index contributed by atoms with van der Waals surface area (Å²) in [6.45, 7) is 3.26. The smallest absolute Gasteiger partial charge is 0.182 e. The summed E-state index contributed by atoms with van der Waals surface area (Å²) in [5.74, 6) is 0.727. The van der Waals surface area contributed by atoms with Crippen LogP contribution in [0.2, 0.25) is 0 Å². The third-order valence-corrected chi connectivity index (χ3v) is 8.04. The molecule has 7 heteroatoms. The van der Waals surface area contributed by atoms with E-state index < -0.39 is 9.84 Å². The van der Waals surface area contributed by atoms with E-state index in [-0.39, 0.29) is 5.25 Å². The minimum Gasteiger partial charge on any atom is -0.495 e. The highest BCUT2D eigenvalue weighted by Crippen LogP contribution is 2.39. The van der Waals surface area contributed by atoms with Gasteiger partial charge < -0.3 is 15.0 Å². The molecule has 1 atom stereocenters. The van der Waals surface area contributed by atoms with Crippen LogP contribution < -0.4 is 10.1 Å². The Kier molecular flexibility index (Phi) is 4.52. The number of rotatable bonds is 4.